The van der Waals surface area contributed by atoms with Gasteiger partial charge in [-0.1, -0.05) is 31.4 Å². The van der Waals surface area contributed by atoms with Gasteiger partial charge in [0, 0.05) is 12.1 Å². The van der Waals surface area contributed by atoms with Crippen LogP contribution in [0.15, 0.2) is 42.5 Å². The summed E-state index contributed by atoms with van der Waals surface area (Å²) in [6.07, 6.45) is 6.27. The Labute approximate surface area is 205 Å². The van der Waals surface area contributed by atoms with E-state index in [9.17, 15) is 18.0 Å². The molecule has 2 aromatic carbocycles. The molecule has 0 aromatic heterocycles. The minimum Gasteiger partial charge on any atom is -0.486 e. The molecule has 2 aliphatic rings. The van der Waals surface area contributed by atoms with Crippen molar-refractivity contribution in [1.29, 1.82) is 0 Å². The second-order valence-corrected chi connectivity index (χ2v) is 10.8. The zero-order valence-corrected chi connectivity index (χ0v) is 20.8. The lowest BCUT2D eigenvalue weighted by Crippen LogP contribution is -2.45. The quantitative estimate of drug-likeness (QED) is 0.602. The van der Waals surface area contributed by atoms with Gasteiger partial charge in [0.1, 0.15) is 19.3 Å². The number of hydrogen-bond acceptors (Lipinski definition) is 6. The van der Waals surface area contributed by atoms with Crippen LogP contribution in [0.25, 0.3) is 0 Å². The van der Waals surface area contributed by atoms with Gasteiger partial charge in [-0.15, -0.1) is 0 Å². The minimum atomic E-state index is -3.83. The summed E-state index contributed by atoms with van der Waals surface area (Å²) in [6, 6.07) is 10.5. The van der Waals surface area contributed by atoms with Crippen LogP contribution >= 0.6 is 0 Å². The average Bonchev–Trinajstić information content (AvgIpc) is 2.84. The highest BCUT2D eigenvalue weighted by Gasteiger charge is 2.31. The van der Waals surface area contributed by atoms with Crippen LogP contribution in [0.4, 0.5) is 11.4 Å². The number of para-hydroxylation sites is 1. The molecule has 1 saturated carbocycles. The van der Waals surface area contributed by atoms with Crippen molar-refractivity contribution in [3.8, 4) is 11.5 Å². The first kappa shape index (κ1) is 24.8. The Balaban J connectivity index is 1.54. The Kier molecular flexibility index (Phi) is 7.49. The molecular formula is C25H31N3O6S. The molecule has 0 unspecified atom stereocenters. The van der Waals surface area contributed by atoms with E-state index in [0.717, 1.165) is 36.2 Å². The molecule has 4 rings (SSSR count). The lowest BCUT2D eigenvalue weighted by Gasteiger charge is -2.29. The summed E-state index contributed by atoms with van der Waals surface area (Å²) in [5.74, 6) is 0.110. The van der Waals surface area contributed by atoms with Crippen molar-refractivity contribution in [2.45, 2.75) is 51.1 Å². The van der Waals surface area contributed by atoms with Gasteiger partial charge < -0.3 is 20.1 Å². The number of hydrogen-bond donors (Lipinski definition) is 2. The third-order valence-electron chi connectivity index (χ3n) is 6.24. The topological polar surface area (TPSA) is 114 Å². The summed E-state index contributed by atoms with van der Waals surface area (Å²) in [4.78, 5) is 26.2. The van der Waals surface area contributed by atoms with E-state index in [2.05, 4.69) is 10.6 Å². The molecule has 0 radical (unpaired) electrons. The van der Waals surface area contributed by atoms with Gasteiger partial charge in [0.25, 0.3) is 5.91 Å². The number of rotatable bonds is 7. The molecule has 9 nitrogen and oxygen atoms in total. The smallest absolute Gasteiger partial charge is 0.253 e. The first-order valence-electron chi connectivity index (χ1n) is 11.8. The first-order chi connectivity index (χ1) is 16.7. The van der Waals surface area contributed by atoms with Crippen molar-refractivity contribution >= 4 is 33.2 Å². The number of benzene rings is 2. The Bertz CT molecular complexity index is 1190. The maximum Gasteiger partial charge on any atom is 0.253 e. The predicted octanol–water partition coefficient (Wildman–Crippen LogP) is 3.31. The summed E-state index contributed by atoms with van der Waals surface area (Å²) >= 11 is 0. The van der Waals surface area contributed by atoms with Crippen LogP contribution in [0.5, 0.6) is 11.5 Å². The van der Waals surface area contributed by atoms with Crippen LogP contribution in [-0.4, -0.2) is 51.8 Å². The zero-order chi connectivity index (χ0) is 25.0. The van der Waals surface area contributed by atoms with Crippen molar-refractivity contribution in [1.82, 2.24) is 5.32 Å². The van der Waals surface area contributed by atoms with Crippen molar-refractivity contribution < 1.29 is 27.5 Å². The molecule has 0 bridgehead atoms. The van der Waals surface area contributed by atoms with Gasteiger partial charge in [-0.05, 0) is 44.0 Å². The lowest BCUT2D eigenvalue weighted by atomic mass is 9.95. The fourth-order valence-corrected chi connectivity index (χ4v) is 5.68. The molecule has 2 N–H and O–H groups in total. The van der Waals surface area contributed by atoms with Crippen LogP contribution in [0.3, 0.4) is 0 Å². The molecule has 1 aliphatic carbocycles. The molecule has 35 heavy (non-hydrogen) atoms. The molecular weight excluding hydrogens is 470 g/mol. The first-order valence-corrected chi connectivity index (χ1v) is 13.7. The van der Waals surface area contributed by atoms with E-state index in [1.807, 2.05) is 0 Å². The zero-order valence-electron chi connectivity index (χ0n) is 20.0. The van der Waals surface area contributed by atoms with Crippen LogP contribution in [0, 0.1) is 0 Å². The van der Waals surface area contributed by atoms with Gasteiger partial charge >= 0.3 is 0 Å². The number of nitrogens with one attached hydrogen (secondary N) is 2. The fourth-order valence-electron chi connectivity index (χ4n) is 4.52. The van der Waals surface area contributed by atoms with Gasteiger partial charge in [-0.3, -0.25) is 13.9 Å². The Morgan fingerprint density at radius 2 is 1.69 bits per heavy atom. The van der Waals surface area contributed by atoms with Crippen LogP contribution in [0.1, 0.15) is 49.4 Å². The lowest BCUT2D eigenvalue weighted by molar-refractivity contribution is -0.116. The van der Waals surface area contributed by atoms with Gasteiger partial charge in [-0.2, -0.15) is 0 Å². The van der Waals surface area contributed by atoms with E-state index in [-0.39, 0.29) is 17.6 Å². The SMILES string of the molecule is C[C@@H](C(=O)Nc1ccccc1C(=O)NC1CCCCC1)N(c1ccc2c(c1)OCCO2)S(C)(=O)=O. The standard InChI is InChI=1S/C25H31N3O6S/c1-17(28(35(2,31)32)19-12-13-22-23(16-19)34-15-14-33-22)24(29)27-21-11-7-6-10-20(21)25(30)26-18-8-4-3-5-9-18/h6-7,10-13,16-18H,3-5,8-9,14-15H2,1-2H3,(H,26,30)(H,27,29)/t17-/m0/s1. The molecule has 188 valence electrons. The summed E-state index contributed by atoms with van der Waals surface area (Å²) < 4.78 is 37.5. The van der Waals surface area contributed by atoms with Gasteiger partial charge in [-0.25, -0.2) is 8.42 Å². The largest absolute Gasteiger partial charge is 0.486 e. The van der Waals surface area contributed by atoms with E-state index in [4.69, 9.17) is 9.47 Å². The Hall–Kier alpha value is -3.27. The van der Waals surface area contributed by atoms with Gasteiger partial charge in [0.05, 0.1) is 23.2 Å². The number of ether oxygens (including phenoxy) is 2. The molecule has 0 saturated heterocycles. The highest BCUT2D eigenvalue weighted by molar-refractivity contribution is 7.92. The maximum absolute atomic E-state index is 13.2. The van der Waals surface area contributed by atoms with E-state index >= 15 is 0 Å². The molecule has 1 aliphatic heterocycles. The summed E-state index contributed by atoms with van der Waals surface area (Å²) in [7, 11) is -3.83. The molecule has 2 amide bonds. The Morgan fingerprint density at radius 3 is 2.40 bits per heavy atom. The molecule has 2 aromatic rings. The third-order valence-corrected chi connectivity index (χ3v) is 7.48. The van der Waals surface area contributed by atoms with Crippen molar-refractivity contribution in [3.05, 3.63) is 48.0 Å². The summed E-state index contributed by atoms with van der Waals surface area (Å²) in [5.41, 5.74) is 0.944. The van der Waals surface area contributed by atoms with Crippen molar-refractivity contribution in [2.75, 3.05) is 29.1 Å². The monoisotopic (exact) mass is 501 g/mol. The minimum absolute atomic E-state index is 0.120. The molecule has 1 fully saturated rings. The molecule has 1 atom stereocenters. The highest BCUT2D eigenvalue weighted by atomic mass is 32.2. The van der Waals surface area contributed by atoms with E-state index < -0.39 is 22.0 Å². The predicted molar refractivity (Wildman–Crippen MR) is 134 cm³/mol. The van der Waals surface area contributed by atoms with Crippen molar-refractivity contribution in [3.63, 3.8) is 0 Å². The van der Waals surface area contributed by atoms with Gasteiger partial charge in [0.2, 0.25) is 15.9 Å². The van der Waals surface area contributed by atoms with E-state index in [1.165, 1.54) is 13.3 Å². The fraction of sp³-hybridized carbons (Fsp3) is 0.440. The molecule has 0 spiro atoms. The van der Waals surface area contributed by atoms with E-state index in [1.54, 1.807) is 42.5 Å². The normalized spacial score (nSPS) is 16.7. The van der Waals surface area contributed by atoms with Gasteiger partial charge in [0.15, 0.2) is 11.5 Å². The van der Waals surface area contributed by atoms with Crippen LogP contribution in [0.2, 0.25) is 0 Å². The number of fused-ring (bicyclic) bond motifs is 1. The Morgan fingerprint density at radius 1 is 1.00 bits per heavy atom. The summed E-state index contributed by atoms with van der Waals surface area (Å²) in [5, 5.41) is 5.81. The summed E-state index contributed by atoms with van der Waals surface area (Å²) in [6.45, 7) is 2.26. The number of carbonyl (C=O) groups is 2. The number of carbonyl (C=O) groups excluding carboxylic acids is 2. The molecule has 10 heteroatoms. The number of sulfonamides is 1. The number of amides is 2. The highest BCUT2D eigenvalue weighted by Crippen LogP contribution is 2.35. The second-order valence-electron chi connectivity index (χ2n) is 8.91. The number of anilines is 2. The van der Waals surface area contributed by atoms with Crippen molar-refractivity contribution in [2.24, 2.45) is 0 Å². The third kappa shape index (κ3) is 5.87. The second kappa shape index (κ2) is 10.6. The van der Waals surface area contributed by atoms with E-state index in [0.29, 0.717) is 36.0 Å². The average molecular weight is 502 g/mol. The molecule has 1 heterocycles. The van der Waals surface area contributed by atoms with Crippen LogP contribution in [-0.2, 0) is 14.8 Å². The van der Waals surface area contributed by atoms with Crippen LogP contribution < -0.4 is 24.4 Å². The number of nitrogens with zero attached hydrogens (tertiary/aromatic N) is 1. The maximum atomic E-state index is 13.2.